The average Bonchev–Trinajstić information content (AvgIpc) is 2.22. The molecule has 5 heteroatoms. The quantitative estimate of drug-likeness (QED) is 0.777. The summed E-state index contributed by atoms with van der Waals surface area (Å²) >= 11 is 6.00. The highest BCUT2D eigenvalue weighted by Gasteiger charge is 2.11. The zero-order valence-corrected chi connectivity index (χ0v) is 9.11. The Kier molecular flexibility index (Phi) is 4.12. The van der Waals surface area contributed by atoms with Gasteiger partial charge in [-0.1, -0.05) is 23.8 Å². The van der Waals surface area contributed by atoms with Gasteiger partial charge < -0.3 is 10.6 Å². The third-order valence-electron chi connectivity index (χ3n) is 1.80. The number of hydrogen-bond donors (Lipinski definition) is 1. The van der Waals surface area contributed by atoms with Gasteiger partial charge >= 0.3 is 0 Å². The van der Waals surface area contributed by atoms with Crippen LogP contribution < -0.4 is 10.6 Å². The van der Waals surface area contributed by atoms with E-state index in [1.807, 2.05) is 4.90 Å². The van der Waals surface area contributed by atoms with Crippen LogP contribution >= 0.6 is 11.6 Å². The van der Waals surface area contributed by atoms with Gasteiger partial charge in [0.1, 0.15) is 17.2 Å². The Bertz CT molecular complexity index is 354. The second kappa shape index (κ2) is 5.36. The van der Waals surface area contributed by atoms with Gasteiger partial charge in [0.05, 0.1) is 0 Å². The summed E-state index contributed by atoms with van der Waals surface area (Å²) in [5.41, 5.74) is 5.59. The lowest BCUT2D eigenvalue weighted by atomic mass is 10.4. The summed E-state index contributed by atoms with van der Waals surface area (Å²) < 4.78 is 0. The van der Waals surface area contributed by atoms with Crippen LogP contribution in [-0.2, 0) is 0 Å². The third kappa shape index (κ3) is 2.70. The van der Waals surface area contributed by atoms with Crippen LogP contribution in [0.25, 0.3) is 0 Å². The van der Waals surface area contributed by atoms with Gasteiger partial charge in [-0.3, -0.25) is 0 Å². The normalized spacial score (nSPS) is 9.67. The summed E-state index contributed by atoms with van der Waals surface area (Å²) in [7, 11) is 0. The highest BCUT2D eigenvalue weighted by Crippen LogP contribution is 2.26. The van der Waals surface area contributed by atoms with Crippen molar-refractivity contribution in [3.63, 3.8) is 0 Å². The number of hydrogen-bond acceptors (Lipinski definition) is 4. The zero-order valence-electron chi connectivity index (χ0n) is 8.36. The molecular formula is C10H13ClN4. The summed E-state index contributed by atoms with van der Waals surface area (Å²) in [5.74, 6) is 0.878. The molecule has 0 unspecified atom stereocenters. The molecule has 15 heavy (non-hydrogen) atoms. The van der Waals surface area contributed by atoms with Crippen LogP contribution in [0.4, 0.5) is 11.6 Å². The van der Waals surface area contributed by atoms with Crippen molar-refractivity contribution in [1.29, 1.82) is 0 Å². The van der Waals surface area contributed by atoms with Crippen molar-refractivity contribution in [2.45, 2.75) is 0 Å². The van der Waals surface area contributed by atoms with E-state index in [9.17, 15) is 0 Å². The molecule has 0 bridgehead atoms. The smallest absolute Gasteiger partial charge is 0.153 e. The largest absolute Gasteiger partial charge is 0.382 e. The predicted molar refractivity (Wildman–Crippen MR) is 64.1 cm³/mol. The highest BCUT2D eigenvalue weighted by molar-refractivity contribution is 6.35. The molecular weight excluding hydrogens is 212 g/mol. The minimum Gasteiger partial charge on any atom is -0.382 e. The van der Waals surface area contributed by atoms with Crippen molar-refractivity contribution in [2.75, 3.05) is 23.7 Å². The first-order valence-electron chi connectivity index (χ1n) is 4.43. The molecule has 1 rings (SSSR count). The standard InChI is InChI=1S/C10H13ClN4/c1-3-5-15(6-4-2)10-8(11)9(12)13-7-14-10/h3-4,7H,1-2,5-6H2,(H2,12,13,14). The van der Waals surface area contributed by atoms with Crippen molar-refractivity contribution in [3.05, 3.63) is 36.7 Å². The Morgan fingerprint density at radius 3 is 2.47 bits per heavy atom. The molecule has 0 fully saturated rings. The molecule has 1 heterocycles. The molecule has 0 spiro atoms. The number of aromatic nitrogens is 2. The number of nitrogen functional groups attached to an aromatic ring is 1. The first-order chi connectivity index (χ1) is 7.20. The van der Waals surface area contributed by atoms with Gasteiger partial charge in [0, 0.05) is 13.1 Å². The molecule has 0 aliphatic rings. The maximum Gasteiger partial charge on any atom is 0.153 e. The van der Waals surface area contributed by atoms with E-state index in [1.165, 1.54) is 6.33 Å². The summed E-state index contributed by atoms with van der Waals surface area (Å²) in [4.78, 5) is 9.79. The molecule has 0 amide bonds. The monoisotopic (exact) mass is 224 g/mol. The van der Waals surface area contributed by atoms with E-state index in [0.717, 1.165) is 0 Å². The van der Waals surface area contributed by atoms with Gasteiger partial charge in [0.25, 0.3) is 0 Å². The predicted octanol–water partition coefficient (Wildman–Crippen LogP) is 1.89. The zero-order chi connectivity index (χ0) is 11.3. The number of nitrogens with two attached hydrogens (primary N) is 1. The summed E-state index contributed by atoms with van der Waals surface area (Å²) in [6.45, 7) is 8.59. The van der Waals surface area contributed by atoms with Crippen LogP contribution in [0.15, 0.2) is 31.6 Å². The molecule has 0 aliphatic carbocycles. The molecule has 1 aromatic rings. The molecule has 2 N–H and O–H groups in total. The average molecular weight is 225 g/mol. The van der Waals surface area contributed by atoms with E-state index < -0.39 is 0 Å². The second-order valence-corrected chi connectivity index (χ2v) is 3.26. The minimum absolute atomic E-state index is 0.278. The van der Waals surface area contributed by atoms with Crippen LogP contribution in [0, 0.1) is 0 Å². The molecule has 0 atom stereocenters. The van der Waals surface area contributed by atoms with Crippen LogP contribution in [-0.4, -0.2) is 23.1 Å². The van der Waals surface area contributed by atoms with E-state index in [4.69, 9.17) is 17.3 Å². The van der Waals surface area contributed by atoms with Gasteiger partial charge in [0.2, 0.25) is 0 Å². The van der Waals surface area contributed by atoms with Crippen LogP contribution in [0.2, 0.25) is 5.02 Å². The van der Waals surface area contributed by atoms with E-state index in [-0.39, 0.29) is 5.82 Å². The highest BCUT2D eigenvalue weighted by atomic mass is 35.5. The van der Waals surface area contributed by atoms with Crippen molar-refractivity contribution in [1.82, 2.24) is 9.97 Å². The maximum absolute atomic E-state index is 6.00. The first kappa shape index (κ1) is 11.5. The van der Waals surface area contributed by atoms with E-state index in [2.05, 4.69) is 23.1 Å². The number of nitrogens with zero attached hydrogens (tertiary/aromatic N) is 3. The van der Waals surface area contributed by atoms with Gasteiger partial charge in [-0.15, -0.1) is 13.2 Å². The molecule has 0 aromatic carbocycles. The number of rotatable bonds is 5. The van der Waals surface area contributed by atoms with Crippen molar-refractivity contribution in [2.24, 2.45) is 0 Å². The Balaban J connectivity index is 3.04. The fourth-order valence-corrected chi connectivity index (χ4v) is 1.37. The molecule has 1 aromatic heterocycles. The topological polar surface area (TPSA) is 55.0 Å². The molecule has 0 aliphatic heterocycles. The molecule has 80 valence electrons. The minimum atomic E-state index is 0.278. The lowest BCUT2D eigenvalue weighted by molar-refractivity contribution is 0.919. The maximum atomic E-state index is 6.00. The summed E-state index contributed by atoms with van der Waals surface area (Å²) in [5, 5.41) is 0.362. The van der Waals surface area contributed by atoms with Crippen LogP contribution in [0.5, 0.6) is 0 Å². The Morgan fingerprint density at radius 1 is 1.33 bits per heavy atom. The lowest BCUT2D eigenvalue weighted by Gasteiger charge is -2.21. The fraction of sp³-hybridized carbons (Fsp3) is 0.200. The molecule has 4 nitrogen and oxygen atoms in total. The molecule has 0 radical (unpaired) electrons. The first-order valence-corrected chi connectivity index (χ1v) is 4.81. The van der Waals surface area contributed by atoms with Gasteiger partial charge in [-0.25, -0.2) is 9.97 Å². The van der Waals surface area contributed by atoms with Crippen LogP contribution in [0.3, 0.4) is 0 Å². The third-order valence-corrected chi connectivity index (χ3v) is 2.16. The number of anilines is 2. The van der Waals surface area contributed by atoms with Crippen molar-refractivity contribution < 1.29 is 0 Å². The Morgan fingerprint density at radius 2 is 1.93 bits per heavy atom. The second-order valence-electron chi connectivity index (χ2n) is 2.88. The molecule has 0 saturated heterocycles. The summed E-state index contributed by atoms with van der Waals surface area (Å²) in [6.07, 6.45) is 4.91. The van der Waals surface area contributed by atoms with Crippen LogP contribution in [0.1, 0.15) is 0 Å². The Labute approximate surface area is 94.1 Å². The molecule has 0 saturated carbocycles. The summed E-state index contributed by atoms with van der Waals surface area (Å²) in [6, 6.07) is 0. The van der Waals surface area contributed by atoms with Crippen molar-refractivity contribution >= 4 is 23.2 Å². The van der Waals surface area contributed by atoms with Gasteiger partial charge in [0.15, 0.2) is 5.82 Å². The van der Waals surface area contributed by atoms with E-state index in [1.54, 1.807) is 12.2 Å². The van der Waals surface area contributed by atoms with E-state index in [0.29, 0.717) is 23.9 Å². The Hall–Kier alpha value is -1.55. The van der Waals surface area contributed by atoms with Gasteiger partial charge in [-0.05, 0) is 0 Å². The SMILES string of the molecule is C=CCN(CC=C)c1ncnc(N)c1Cl. The fourth-order valence-electron chi connectivity index (χ4n) is 1.15. The van der Waals surface area contributed by atoms with Gasteiger partial charge in [-0.2, -0.15) is 0 Å². The van der Waals surface area contributed by atoms with Crippen molar-refractivity contribution in [3.8, 4) is 0 Å². The lowest BCUT2D eigenvalue weighted by Crippen LogP contribution is -2.24. The number of halogens is 1. The van der Waals surface area contributed by atoms with E-state index >= 15 is 0 Å².